The van der Waals surface area contributed by atoms with E-state index in [1.54, 1.807) is 0 Å². The molecule has 1 fully saturated rings. The minimum absolute atomic E-state index is 0.00927. The van der Waals surface area contributed by atoms with Crippen LogP contribution in [0.3, 0.4) is 0 Å². The predicted octanol–water partition coefficient (Wildman–Crippen LogP) is 2.93. The second-order valence-electron chi connectivity index (χ2n) is 7.42. The minimum Gasteiger partial charge on any atom is -0.380 e. The van der Waals surface area contributed by atoms with Gasteiger partial charge in [-0.1, -0.05) is 24.8 Å². The van der Waals surface area contributed by atoms with Crippen molar-refractivity contribution in [1.29, 1.82) is 0 Å². The molecule has 0 atom stereocenters. The van der Waals surface area contributed by atoms with Gasteiger partial charge in [0.25, 0.3) is 0 Å². The maximum atomic E-state index is 13.0. The Labute approximate surface area is 155 Å². The van der Waals surface area contributed by atoms with Crippen LogP contribution in [0.4, 0.5) is 0 Å². The van der Waals surface area contributed by atoms with E-state index in [0.29, 0.717) is 24.3 Å². The maximum absolute atomic E-state index is 13.0. The maximum Gasteiger partial charge on any atom is 0.210 e. The molecule has 0 spiro atoms. The molecule has 26 heavy (non-hydrogen) atoms. The molecule has 0 bridgehead atoms. The summed E-state index contributed by atoms with van der Waals surface area (Å²) in [5.41, 5.74) is 7.94. The lowest BCUT2D eigenvalue weighted by molar-refractivity contribution is 0.102. The number of piperidine rings is 1. The third-order valence-electron chi connectivity index (χ3n) is 5.23. The first-order chi connectivity index (χ1) is 12.5. The van der Waals surface area contributed by atoms with Crippen molar-refractivity contribution in [2.45, 2.75) is 38.8 Å². The molecule has 2 heterocycles. The number of carbonyl (C=O) groups is 1. The van der Waals surface area contributed by atoms with Gasteiger partial charge in [-0.15, -0.1) is 0 Å². The molecular formula is C21H30N4O. The fourth-order valence-electron chi connectivity index (χ4n) is 3.77. The van der Waals surface area contributed by atoms with Crippen molar-refractivity contribution in [1.82, 2.24) is 14.8 Å². The van der Waals surface area contributed by atoms with Crippen molar-refractivity contribution < 1.29 is 4.79 Å². The van der Waals surface area contributed by atoms with Gasteiger partial charge in [-0.2, -0.15) is 0 Å². The van der Waals surface area contributed by atoms with Crippen molar-refractivity contribution in [3.63, 3.8) is 0 Å². The largest absolute Gasteiger partial charge is 0.380 e. The van der Waals surface area contributed by atoms with Crippen LogP contribution in [-0.2, 0) is 0 Å². The molecular weight excluding hydrogens is 324 g/mol. The lowest BCUT2D eigenvalue weighted by Gasteiger charge is -2.32. The Morgan fingerprint density at radius 2 is 2.00 bits per heavy atom. The summed E-state index contributed by atoms with van der Waals surface area (Å²) in [4.78, 5) is 15.4. The van der Waals surface area contributed by atoms with Crippen LogP contribution in [0.25, 0.3) is 10.9 Å². The van der Waals surface area contributed by atoms with Crippen molar-refractivity contribution in [3.05, 3.63) is 48.3 Å². The van der Waals surface area contributed by atoms with Crippen molar-refractivity contribution in [3.8, 4) is 0 Å². The number of rotatable bonds is 7. The molecule has 0 aliphatic carbocycles. The number of hydrogen-bond acceptors (Lipinski definition) is 4. The monoisotopic (exact) mass is 354 g/mol. The molecule has 0 amide bonds. The molecule has 140 valence electrons. The van der Waals surface area contributed by atoms with Gasteiger partial charge in [-0.3, -0.25) is 4.79 Å². The average Bonchev–Trinajstić information content (AvgIpc) is 3.03. The lowest BCUT2D eigenvalue weighted by Crippen LogP contribution is -2.44. The highest BCUT2D eigenvalue weighted by Gasteiger charge is 2.23. The van der Waals surface area contributed by atoms with E-state index in [0.717, 1.165) is 48.9 Å². The fourth-order valence-corrected chi connectivity index (χ4v) is 3.77. The van der Waals surface area contributed by atoms with Crippen LogP contribution in [0.2, 0.25) is 0 Å². The van der Waals surface area contributed by atoms with Crippen LogP contribution < -0.4 is 11.1 Å². The van der Waals surface area contributed by atoms with E-state index < -0.39 is 0 Å². The molecule has 0 unspecified atom stereocenters. The van der Waals surface area contributed by atoms with E-state index in [1.165, 1.54) is 0 Å². The summed E-state index contributed by atoms with van der Waals surface area (Å²) < 4.78 is 2.15. The number of ketones is 1. The Bertz CT molecular complexity index is 784. The third kappa shape index (κ3) is 3.84. The zero-order valence-electron chi connectivity index (χ0n) is 15.9. The fraction of sp³-hybridized carbons (Fsp3) is 0.476. The molecule has 2 aromatic rings. The number of nitrogens with one attached hydrogen (secondary N) is 1. The number of fused-ring (bicyclic) bond motifs is 1. The number of likely N-dealkylation sites (tertiary alicyclic amines) is 1. The highest BCUT2D eigenvalue weighted by molar-refractivity contribution is 6.15. The Hall–Kier alpha value is -2.11. The summed E-state index contributed by atoms with van der Waals surface area (Å²) in [5, 5.41) is 4.36. The van der Waals surface area contributed by atoms with Gasteiger partial charge in [0.05, 0.1) is 5.70 Å². The number of aromatic nitrogens is 1. The van der Waals surface area contributed by atoms with Crippen molar-refractivity contribution in [2.75, 3.05) is 26.2 Å². The molecule has 1 aliphatic heterocycles. The number of carbonyl (C=O) groups excluding carboxylic acids is 1. The van der Waals surface area contributed by atoms with Gasteiger partial charge >= 0.3 is 0 Å². The second-order valence-corrected chi connectivity index (χ2v) is 7.42. The minimum atomic E-state index is -0.00927. The van der Waals surface area contributed by atoms with Gasteiger partial charge in [-0.25, -0.2) is 0 Å². The van der Waals surface area contributed by atoms with Crippen LogP contribution in [-0.4, -0.2) is 47.5 Å². The van der Waals surface area contributed by atoms with Crippen LogP contribution in [0.5, 0.6) is 0 Å². The summed E-state index contributed by atoms with van der Waals surface area (Å²) in [5.74, 6) is -0.00927. The van der Waals surface area contributed by atoms with E-state index in [9.17, 15) is 4.79 Å². The first-order valence-corrected chi connectivity index (χ1v) is 9.53. The van der Waals surface area contributed by atoms with Gasteiger partial charge in [0.15, 0.2) is 0 Å². The SMILES string of the molecule is C=C(NC1CCN(CCN)CC1)C(=O)c1cn(C(C)C)c2ccccc12. The molecule has 1 saturated heterocycles. The molecule has 1 aliphatic rings. The Morgan fingerprint density at radius 3 is 2.65 bits per heavy atom. The number of para-hydroxylation sites is 1. The summed E-state index contributed by atoms with van der Waals surface area (Å²) in [6.07, 6.45) is 3.99. The molecule has 5 heteroatoms. The van der Waals surface area contributed by atoms with E-state index in [2.05, 4.69) is 41.3 Å². The van der Waals surface area contributed by atoms with Gasteiger partial charge < -0.3 is 20.5 Å². The standard InChI is InChI=1S/C21H30N4O/c1-15(2)25-14-19(18-6-4-5-7-20(18)25)21(26)16(3)23-17-8-11-24(12-9-17)13-10-22/h4-7,14-15,17,23H,3,8-13,22H2,1-2H3. The highest BCUT2D eigenvalue weighted by Crippen LogP contribution is 2.26. The number of nitrogens with two attached hydrogens (primary N) is 1. The molecule has 1 aromatic heterocycles. The molecule has 0 saturated carbocycles. The quantitative estimate of drug-likeness (QED) is 0.593. The molecule has 3 N–H and O–H groups in total. The Morgan fingerprint density at radius 1 is 1.31 bits per heavy atom. The molecule has 3 rings (SSSR count). The summed E-state index contributed by atoms with van der Waals surface area (Å²) >= 11 is 0. The average molecular weight is 354 g/mol. The summed E-state index contributed by atoms with van der Waals surface area (Å²) in [6, 6.07) is 8.67. The third-order valence-corrected chi connectivity index (χ3v) is 5.23. The number of nitrogens with zero attached hydrogens (tertiary/aromatic N) is 2. The normalized spacial score (nSPS) is 16.3. The molecule has 0 radical (unpaired) electrons. The van der Waals surface area contributed by atoms with E-state index in [1.807, 2.05) is 24.4 Å². The number of allylic oxidation sites excluding steroid dienone is 1. The Balaban J connectivity index is 1.72. The van der Waals surface area contributed by atoms with Crippen LogP contribution >= 0.6 is 0 Å². The number of benzene rings is 1. The van der Waals surface area contributed by atoms with Crippen molar-refractivity contribution >= 4 is 16.7 Å². The van der Waals surface area contributed by atoms with Gasteiger partial charge in [0.1, 0.15) is 0 Å². The second kappa shape index (κ2) is 8.06. The van der Waals surface area contributed by atoms with E-state index >= 15 is 0 Å². The number of hydrogen-bond donors (Lipinski definition) is 2. The smallest absolute Gasteiger partial charge is 0.210 e. The highest BCUT2D eigenvalue weighted by atomic mass is 16.1. The van der Waals surface area contributed by atoms with E-state index in [-0.39, 0.29) is 5.78 Å². The molecule has 5 nitrogen and oxygen atoms in total. The summed E-state index contributed by atoms with van der Waals surface area (Å²) in [7, 11) is 0. The lowest BCUT2D eigenvalue weighted by atomic mass is 10.0. The van der Waals surface area contributed by atoms with Gasteiger partial charge in [-0.05, 0) is 32.8 Å². The summed E-state index contributed by atoms with van der Waals surface area (Å²) in [6.45, 7) is 12.0. The van der Waals surface area contributed by atoms with Gasteiger partial charge in [0.2, 0.25) is 5.78 Å². The topological polar surface area (TPSA) is 63.3 Å². The Kier molecular flexibility index (Phi) is 5.79. The first-order valence-electron chi connectivity index (χ1n) is 9.53. The molecule has 1 aromatic carbocycles. The van der Waals surface area contributed by atoms with Crippen LogP contribution in [0.1, 0.15) is 43.1 Å². The van der Waals surface area contributed by atoms with Crippen molar-refractivity contribution in [2.24, 2.45) is 5.73 Å². The van der Waals surface area contributed by atoms with Crippen LogP contribution in [0.15, 0.2) is 42.7 Å². The van der Waals surface area contributed by atoms with Crippen LogP contribution in [0, 0.1) is 0 Å². The zero-order chi connectivity index (χ0) is 18.7. The zero-order valence-corrected chi connectivity index (χ0v) is 15.9. The predicted molar refractivity (Wildman–Crippen MR) is 107 cm³/mol. The van der Waals surface area contributed by atoms with E-state index in [4.69, 9.17) is 5.73 Å². The number of Topliss-reactive ketones (excluding diaryl/α,β-unsaturated/α-hetero) is 1. The first kappa shape index (κ1) is 18.7. The van der Waals surface area contributed by atoms with Gasteiger partial charge in [0, 0.05) is 60.9 Å².